The molecule has 108 valence electrons. The molecule has 4 heteroatoms. The van der Waals surface area contributed by atoms with Crippen LogP contribution in [-0.2, 0) is 4.79 Å². The van der Waals surface area contributed by atoms with E-state index in [0.717, 1.165) is 31.3 Å². The molecule has 1 aliphatic heterocycles. The van der Waals surface area contributed by atoms with Crippen LogP contribution in [0.1, 0.15) is 38.5 Å². The quantitative estimate of drug-likeness (QED) is 0.801. The summed E-state index contributed by atoms with van der Waals surface area (Å²) in [6, 6.07) is 0.228. The Morgan fingerprint density at radius 2 is 1.58 bits per heavy atom. The van der Waals surface area contributed by atoms with Crippen molar-refractivity contribution in [2.24, 2.45) is 35.3 Å². The molecular weight excluding hydrogens is 260 g/mol. The van der Waals surface area contributed by atoms with Crippen LogP contribution in [0.3, 0.4) is 0 Å². The summed E-state index contributed by atoms with van der Waals surface area (Å²) in [5.74, 6) is 4.16. The maximum Gasteiger partial charge on any atom is 0.226 e. The maximum atomic E-state index is 12.8. The number of nitrogens with zero attached hydrogens (tertiary/aromatic N) is 1. The molecule has 0 aromatic heterocycles. The van der Waals surface area contributed by atoms with Crippen molar-refractivity contribution in [1.82, 2.24) is 4.90 Å². The van der Waals surface area contributed by atoms with Crippen molar-refractivity contribution in [3.63, 3.8) is 0 Å². The summed E-state index contributed by atoms with van der Waals surface area (Å²) >= 11 is 0. The lowest BCUT2D eigenvalue weighted by atomic mass is 9.51. The van der Waals surface area contributed by atoms with Crippen molar-refractivity contribution in [3.05, 3.63) is 0 Å². The monoisotopic (exact) mass is 284 g/mol. The minimum absolute atomic E-state index is 0. The first kappa shape index (κ1) is 13.7. The molecule has 2 N–H and O–H groups in total. The number of hydrogen-bond donors (Lipinski definition) is 1. The van der Waals surface area contributed by atoms with Crippen molar-refractivity contribution in [2.45, 2.75) is 44.6 Å². The van der Waals surface area contributed by atoms with E-state index in [1.807, 2.05) is 0 Å². The van der Waals surface area contributed by atoms with Gasteiger partial charge in [0.15, 0.2) is 0 Å². The lowest BCUT2D eigenvalue weighted by Crippen LogP contribution is -2.51. The van der Waals surface area contributed by atoms with Gasteiger partial charge in [-0.2, -0.15) is 0 Å². The predicted octanol–water partition coefficient (Wildman–Crippen LogP) is 2.04. The van der Waals surface area contributed by atoms with Crippen LogP contribution in [0.5, 0.6) is 0 Å². The van der Waals surface area contributed by atoms with Crippen LogP contribution in [0, 0.1) is 29.6 Å². The molecule has 4 aliphatic carbocycles. The molecule has 1 unspecified atom stereocenters. The Morgan fingerprint density at radius 3 is 2.05 bits per heavy atom. The summed E-state index contributed by atoms with van der Waals surface area (Å²) < 4.78 is 0. The zero-order valence-electron chi connectivity index (χ0n) is 11.5. The van der Waals surface area contributed by atoms with Gasteiger partial charge in [0.05, 0.1) is 0 Å². The van der Waals surface area contributed by atoms with Crippen LogP contribution in [0.15, 0.2) is 0 Å². The molecule has 19 heavy (non-hydrogen) atoms. The molecule has 5 fully saturated rings. The number of likely N-dealkylation sites (tertiary alicyclic amines) is 1. The highest BCUT2D eigenvalue weighted by atomic mass is 35.5. The number of carbonyl (C=O) groups is 1. The minimum Gasteiger partial charge on any atom is -0.341 e. The van der Waals surface area contributed by atoms with E-state index in [1.54, 1.807) is 0 Å². The Bertz CT molecular complexity index is 345. The Hall–Kier alpha value is -0.280. The summed E-state index contributed by atoms with van der Waals surface area (Å²) in [5, 5.41) is 0. The van der Waals surface area contributed by atoms with Gasteiger partial charge in [-0.15, -0.1) is 12.4 Å². The molecule has 5 aliphatic rings. The first-order valence-corrected chi connectivity index (χ1v) is 7.75. The average molecular weight is 285 g/mol. The first-order valence-electron chi connectivity index (χ1n) is 7.75. The molecule has 0 aromatic carbocycles. The van der Waals surface area contributed by atoms with Crippen LogP contribution in [0.2, 0.25) is 0 Å². The molecular formula is C15H25ClN2O. The Labute approximate surface area is 121 Å². The lowest BCUT2D eigenvalue weighted by Gasteiger charge is -2.54. The molecule has 1 atom stereocenters. The van der Waals surface area contributed by atoms with E-state index in [1.165, 1.54) is 32.1 Å². The van der Waals surface area contributed by atoms with Crippen LogP contribution in [-0.4, -0.2) is 29.9 Å². The fourth-order valence-corrected chi connectivity index (χ4v) is 5.53. The Kier molecular flexibility index (Phi) is 3.55. The van der Waals surface area contributed by atoms with Crippen molar-refractivity contribution in [1.29, 1.82) is 0 Å². The van der Waals surface area contributed by atoms with Crippen LogP contribution >= 0.6 is 12.4 Å². The maximum absolute atomic E-state index is 12.8. The molecule has 4 saturated carbocycles. The van der Waals surface area contributed by atoms with E-state index in [0.29, 0.717) is 23.7 Å². The van der Waals surface area contributed by atoms with E-state index >= 15 is 0 Å². The zero-order chi connectivity index (χ0) is 12.3. The summed E-state index contributed by atoms with van der Waals surface area (Å²) in [6.45, 7) is 1.71. The van der Waals surface area contributed by atoms with Crippen molar-refractivity contribution in [2.75, 3.05) is 13.1 Å². The molecule has 1 saturated heterocycles. The topological polar surface area (TPSA) is 46.3 Å². The van der Waals surface area contributed by atoms with Gasteiger partial charge in [0.25, 0.3) is 0 Å². The lowest BCUT2D eigenvalue weighted by molar-refractivity contribution is -0.148. The van der Waals surface area contributed by atoms with Gasteiger partial charge in [0.2, 0.25) is 5.91 Å². The highest BCUT2D eigenvalue weighted by Gasteiger charge is 2.51. The number of halogens is 1. The summed E-state index contributed by atoms with van der Waals surface area (Å²) in [5.41, 5.74) is 5.94. The summed E-state index contributed by atoms with van der Waals surface area (Å²) in [4.78, 5) is 14.8. The number of carbonyl (C=O) groups excluding carboxylic acids is 1. The smallest absolute Gasteiger partial charge is 0.226 e. The molecule has 3 nitrogen and oxygen atoms in total. The third-order valence-electron chi connectivity index (χ3n) is 6.05. The van der Waals surface area contributed by atoms with Crippen molar-refractivity contribution >= 4 is 18.3 Å². The van der Waals surface area contributed by atoms with E-state index in [4.69, 9.17) is 5.73 Å². The number of hydrogen-bond acceptors (Lipinski definition) is 2. The molecule has 0 aromatic rings. The molecule has 0 spiro atoms. The zero-order valence-corrected chi connectivity index (χ0v) is 12.3. The van der Waals surface area contributed by atoms with Gasteiger partial charge in [0.1, 0.15) is 0 Å². The third-order valence-corrected chi connectivity index (χ3v) is 6.05. The highest BCUT2D eigenvalue weighted by molar-refractivity contribution is 5.85. The minimum atomic E-state index is 0. The number of nitrogens with two attached hydrogens (primary N) is 1. The average Bonchev–Trinajstić information content (AvgIpc) is 2.74. The second kappa shape index (κ2) is 4.92. The molecule has 5 rings (SSSR count). The first-order chi connectivity index (χ1) is 8.70. The molecule has 1 heterocycles. The van der Waals surface area contributed by atoms with E-state index < -0.39 is 0 Å². The summed E-state index contributed by atoms with van der Waals surface area (Å²) in [6.07, 6.45) is 7.81. The standard InChI is InChI=1S/C15H24N2O.ClH/c16-13-1-2-17(8-13)15(18)14-11-4-9-3-10(6-11)7-12(14)5-9;/h9-14H,1-8,16H2;1H. The Morgan fingerprint density at radius 1 is 1.00 bits per heavy atom. The van der Waals surface area contributed by atoms with Gasteiger partial charge in [-0.3, -0.25) is 4.79 Å². The predicted molar refractivity (Wildman–Crippen MR) is 77.0 cm³/mol. The van der Waals surface area contributed by atoms with Crippen molar-refractivity contribution in [3.8, 4) is 0 Å². The number of rotatable bonds is 1. The fraction of sp³-hybridized carbons (Fsp3) is 0.933. The van der Waals surface area contributed by atoms with Crippen LogP contribution < -0.4 is 5.73 Å². The normalized spacial score (nSPS) is 47.3. The van der Waals surface area contributed by atoms with Gasteiger partial charge in [-0.05, 0) is 62.2 Å². The highest BCUT2D eigenvalue weighted by Crippen LogP contribution is 2.56. The Balaban J connectivity index is 0.00000110. The van der Waals surface area contributed by atoms with E-state index in [9.17, 15) is 4.79 Å². The van der Waals surface area contributed by atoms with Crippen LogP contribution in [0.25, 0.3) is 0 Å². The largest absolute Gasteiger partial charge is 0.341 e. The van der Waals surface area contributed by atoms with E-state index in [-0.39, 0.29) is 18.4 Å². The van der Waals surface area contributed by atoms with Crippen molar-refractivity contribution < 1.29 is 4.79 Å². The van der Waals surface area contributed by atoms with Gasteiger partial charge in [0, 0.05) is 25.0 Å². The molecule has 0 radical (unpaired) electrons. The van der Waals surface area contributed by atoms with Gasteiger partial charge in [-0.25, -0.2) is 0 Å². The van der Waals surface area contributed by atoms with Gasteiger partial charge < -0.3 is 10.6 Å². The SMILES string of the molecule is Cl.NC1CCN(C(=O)C2C3CC4CC(C3)CC2C4)C1. The second-order valence-electron chi connectivity index (χ2n) is 7.29. The summed E-state index contributed by atoms with van der Waals surface area (Å²) in [7, 11) is 0. The third kappa shape index (κ3) is 2.19. The van der Waals surface area contributed by atoms with Gasteiger partial charge >= 0.3 is 0 Å². The fourth-order valence-electron chi connectivity index (χ4n) is 5.53. The molecule has 1 amide bonds. The van der Waals surface area contributed by atoms with E-state index in [2.05, 4.69) is 4.90 Å². The van der Waals surface area contributed by atoms with Crippen LogP contribution in [0.4, 0.5) is 0 Å². The van der Waals surface area contributed by atoms with Gasteiger partial charge in [-0.1, -0.05) is 0 Å². The second-order valence-corrected chi connectivity index (χ2v) is 7.29. The number of amides is 1. The molecule has 4 bridgehead atoms.